The molecule has 0 spiro atoms. The Kier molecular flexibility index (Phi) is 7.08. The average molecular weight is 457 g/mol. The van der Waals surface area contributed by atoms with Crippen molar-refractivity contribution in [2.24, 2.45) is 17.3 Å². The highest BCUT2D eigenvalue weighted by Gasteiger charge is 2.65. The molecule has 1 saturated carbocycles. The van der Waals surface area contributed by atoms with Gasteiger partial charge in [0.05, 0.1) is 11.2 Å². The number of ether oxygens (including phenoxy) is 2. The second-order valence-electron chi connectivity index (χ2n) is 10.1. The highest BCUT2D eigenvalue weighted by Crippen LogP contribution is 2.59. The first kappa shape index (κ1) is 25.0. The van der Waals surface area contributed by atoms with E-state index >= 15 is 0 Å². The van der Waals surface area contributed by atoms with Gasteiger partial charge in [0, 0.05) is 29.7 Å². The summed E-state index contributed by atoms with van der Waals surface area (Å²) in [5, 5.41) is 21.5. The van der Waals surface area contributed by atoms with Crippen LogP contribution in [-0.2, 0) is 14.3 Å². The summed E-state index contributed by atoms with van der Waals surface area (Å²) in [6.07, 6.45) is 4.10. The molecule has 1 aromatic carbocycles. The van der Waals surface area contributed by atoms with Gasteiger partial charge in [-0.15, -0.1) is 0 Å². The third kappa shape index (κ3) is 4.72. The summed E-state index contributed by atoms with van der Waals surface area (Å²) in [4.78, 5) is 25.7. The van der Waals surface area contributed by atoms with E-state index in [9.17, 15) is 19.8 Å². The normalized spacial score (nSPS) is 32.1. The first-order valence-corrected chi connectivity index (χ1v) is 11.6. The number of rotatable bonds is 5. The predicted octanol–water partition coefficient (Wildman–Crippen LogP) is 4.95. The number of fused-ring (bicyclic) bond motifs is 1. The van der Waals surface area contributed by atoms with Crippen LogP contribution in [0.4, 0.5) is 0 Å². The van der Waals surface area contributed by atoms with Gasteiger partial charge in [-0.3, -0.25) is 0 Å². The maximum absolute atomic E-state index is 13.0. The highest BCUT2D eigenvalue weighted by atomic mass is 16.6. The minimum Gasteiger partial charge on any atom is -0.508 e. The van der Waals surface area contributed by atoms with Crippen molar-refractivity contribution < 1.29 is 29.3 Å². The van der Waals surface area contributed by atoms with Gasteiger partial charge in [0.25, 0.3) is 0 Å². The lowest BCUT2D eigenvalue weighted by molar-refractivity contribution is -0.151. The monoisotopic (exact) mass is 456 g/mol. The van der Waals surface area contributed by atoms with Crippen LogP contribution >= 0.6 is 0 Å². The van der Waals surface area contributed by atoms with E-state index in [4.69, 9.17) is 9.47 Å². The van der Waals surface area contributed by atoms with Crippen molar-refractivity contribution in [1.29, 1.82) is 0 Å². The molecule has 1 fully saturated rings. The maximum atomic E-state index is 13.0. The van der Waals surface area contributed by atoms with Crippen LogP contribution in [-0.4, -0.2) is 40.0 Å². The zero-order chi connectivity index (χ0) is 24.6. The molecule has 0 amide bonds. The van der Waals surface area contributed by atoms with Crippen LogP contribution < -0.4 is 0 Å². The summed E-state index contributed by atoms with van der Waals surface area (Å²) < 4.78 is 12.0. The van der Waals surface area contributed by atoms with Crippen LogP contribution in [0.2, 0.25) is 0 Å². The number of carbonyl (C=O) groups excluding carboxylic acids is 2. The van der Waals surface area contributed by atoms with E-state index in [1.165, 1.54) is 24.3 Å². The van der Waals surface area contributed by atoms with Gasteiger partial charge in [0.2, 0.25) is 0 Å². The van der Waals surface area contributed by atoms with Crippen molar-refractivity contribution in [3.63, 3.8) is 0 Å². The summed E-state index contributed by atoms with van der Waals surface area (Å²) in [5.41, 5.74) is 0.126. The van der Waals surface area contributed by atoms with Gasteiger partial charge in [-0.1, -0.05) is 38.5 Å². The maximum Gasteiger partial charge on any atom is 0.338 e. The van der Waals surface area contributed by atoms with E-state index in [2.05, 4.69) is 6.08 Å². The molecule has 1 aromatic rings. The van der Waals surface area contributed by atoms with Crippen molar-refractivity contribution in [2.45, 2.75) is 78.6 Å². The Hall–Kier alpha value is -2.60. The topological polar surface area (TPSA) is 93.1 Å². The van der Waals surface area contributed by atoms with Crippen molar-refractivity contribution in [2.75, 3.05) is 0 Å². The zero-order valence-electron chi connectivity index (χ0n) is 20.4. The van der Waals surface area contributed by atoms with Crippen molar-refractivity contribution in [1.82, 2.24) is 0 Å². The van der Waals surface area contributed by atoms with Crippen LogP contribution in [0.3, 0.4) is 0 Å². The quantitative estimate of drug-likeness (QED) is 0.370. The molecular weight excluding hydrogens is 420 g/mol. The SMILES string of the molecule is CC=C(C)C(=O)OC1CC(O)(C(C)C)C2C(OC(=O)c3ccc(O)cc3)CC(C)=CCC12C. The summed E-state index contributed by atoms with van der Waals surface area (Å²) in [5.74, 6) is -1.39. The minimum absolute atomic E-state index is 0.0680. The summed E-state index contributed by atoms with van der Waals surface area (Å²) in [6.45, 7) is 11.4. The predicted molar refractivity (Wildman–Crippen MR) is 126 cm³/mol. The van der Waals surface area contributed by atoms with E-state index in [1.807, 2.05) is 27.7 Å². The van der Waals surface area contributed by atoms with Crippen LogP contribution in [0.5, 0.6) is 5.75 Å². The van der Waals surface area contributed by atoms with Gasteiger partial charge >= 0.3 is 11.9 Å². The van der Waals surface area contributed by atoms with E-state index in [1.54, 1.807) is 19.9 Å². The van der Waals surface area contributed by atoms with Gasteiger partial charge in [-0.05, 0) is 57.4 Å². The number of phenols is 1. The number of carbonyl (C=O) groups is 2. The highest BCUT2D eigenvalue weighted by molar-refractivity contribution is 5.89. The van der Waals surface area contributed by atoms with Gasteiger partial charge in [0.15, 0.2) is 0 Å². The first-order valence-electron chi connectivity index (χ1n) is 11.6. The molecule has 2 aliphatic carbocycles. The molecular formula is C27H36O6. The van der Waals surface area contributed by atoms with Crippen molar-refractivity contribution >= 4 is 11.9 Å². The fraction of sp³-hybridized carbons (Fsp3) is 0.556. The molecule has 2 N–H and O–H groups in total. The lowest BCUT2D eigenvalue weighted by Crippen LogP contribution is -2.50. The van der Waals surface area contributed by atoms with Crippen LogP contribution in [0.15, 0.2) is 47.6 Å². The molecule has 180 valence electrons. The molecule has 5 atom stereocenters. The second kappa shape index (κ2) is 9.34. The molecule has 0 saturated heterocycles. The number of benzene rings is 1. The average Bonchev–Trinajstić information content (AvgIpc) is 2.89. The smallest absolute Gasteiger partial charge is 0.338 e. The van der Waals surface area contributed by atoms with E-state index in [0.29, 0.717) is 24.0 Å². The van der Waals surface area contributed by atoms with Gasteiger partial charge in [-0.2, -0.15) is 0 Å². The minimum atomic E-state index is -1.18. The van der Waals surface area contributed by atoms with Gasteiger partial charge < -0.3 is 19.7 Å². The van der Waals surface area contributed by atoms with E-state index in [0.717, 1.165) is 5.57 Å². The van der Waals surface area contributed by atoms with Crippen LogP contribution in [0, 0.1) is 17.3 Å². The Labute approximate surface area is 196 Å². The Morgan fingerprint density at radius 2 is 1.82 bits per heavy atom. The fourth-order valence-corrected chi connectivity index (χ4v) is 5.37. The number of phenolic OH excluding ortho intramolecular Hbond substituents is 1. The van der Waals surface area contributed by atoms with Crippen LogP contribution in [0.25, 0.3) is 0 Å². The zero-order valence-corrected chi connectivity index (χ0v) is 20.4. The molecule has 6 heteroatoms. The fourth-order valence-electron chi connectivity index (χ4n) is 5.37. The van der Waals surface area contributed by atoms with E-state index < -0.39 is 41.1 Å². The molecule has 0 bridgehead atoms. The van der Waals surface area contributed by atoms with Gasteiger partial charge in [0.1, 0.15) is 18.0 Å². The molecule has 6 nitrogen and oxygen atoms in total. The van der Waals surface area contributed by atoms with Crippen molar-refractivity contribution in [3.8, 4) is 5.75 Å². The van der Waals surface area contributed by atoms with Gasteiger partial charge in [-0.25, -0.2) is 9.59 Å². The Morgan fingerprint density at radius 1 is 1.18 bits per heavy atom. The Balaban J connectivity index is 2.00. The summed E-state index contributed by atoms with van der Waals surface area (Å²) in [6, 6.07) is 5.92. The summed E-state index contributed by atoms with van der Waals surface area (Å²) in [7, 11) is 0. The standard InChI is InChI=1S/C27H36O6/c1-7-18(5)24(29)33-22-15-27(31,16(2)3)23-21(14-17(4)12-13-26(22,23)6)32-25(30)19-8-10-20(28)11-9-19/h7-12,16,21-23,28,31H,13-15H2,1-6H3. The Morgan fingerprint density at radius 3 is 2.39 bits per heavy atom. The van der Waals surface area contributed by atoms with Crippen molar-refractivity contribution in [3.05, 3.63) is 53.1 Å². The lowest BCUT2D eigenvalue weighted by atomic mass is 9.67. The summed E-state index contributed by atoms with van der Waals surface area (Å²) >= 11 is 0. The molecule has 0 aliphatic heterocycles. The van der Waals surface area contributed by atoms with Crippen LogP contribution in [0.1, 0.15) is 71.2 Å². The molecule has 0 heterocycles. The first-order chi connectivity index (χ1) is 15.4. The molecule has 33 heavy (non-hydrogen) atoms. The van der Waals surface area contributed by atoms with E-state index in [-0.39, 0.29) is 18.1 Å². The number of hydrogen-bond acceptors (Lipinski definition) is 6. The molecule has 2 aliphatic rings. The lowest BCUT2D eigenvalue weighted by Gasteiger charge is -2.43. The molecule has 5 unspecified atom stereocenters. The number of hydrogen-bond donors (Lipinski definition) is 2. The number of aliphatic hydroxyl groups is 1. The third-order valence-corrected chi connectivity index (χ3v) is 7.65. The number of allylic oxidation sites excluding steroid dienone is 2. The Bertz CT molecular complexity index is 959. The second-order valence-corrected chi connectivity index (χ2v) is 10.1. The molecule has 0 radical (unpaired) electrons. The number of aromatic hydroxyl groups is 1. The third-order valence-electron chi connectivity index (χ3n) is 7.65. The largest absolute Gasteiger partial charge is 0.508 e. The molecule has 3 rings (SSSR count). The molecule has 0 aromatic heterocycles. The number of esters is 2.